The Balaban J connectivity index is 3.61. The minimum atomic E-state index is -3.88. The summed E-state index contributed by atoms with van der Waals surface area (Å²) in [5.41, 5.74) is 0. The van der Waals surface area contributed by atoms with Crippen LogP contribution in [0.25, 0.3) is 0 Å². The van der Waals surface area contributed by atoms with Crippen molar-refractivity contribution in [1.82, 2.24) is 0 Å². The first-order valence-corrected chi connectivity index (χ1v) is 11.3. The van der Waals surface area contributed by atoms with Gasteiger partial charge in [0.1, 0.15) is 0 Å². The molecule has 6 nitrogen and oxygen atoms in total. The van der Waals surface area contributed by atoms with Crippen LogP contribution < -0.4 is 5.30 Å². The molecule has 1 aromatic rings. The SMILES string of the molecule is CCOC(C)(P(=O)(OCC)OCC)P(=O)(OCC)c1ccccc1. The summed E-state index contributed by atoms with van der Waals surface area (Å²) in [6, 6.07) is 8.66. The molecule has 138 valence electrons. The largest absolute Gasteiger partial charge is 0.372 e. The monoisotopic (exact) mass is 378 g/mol. The Hall–Kier alpha value is -0.480. The predicted molar refractivity (Wildman–Crippen MR) is 96.2 cm³/mol. The molecule has 0 aromatic heterocycles. The maximum Gasteiger partial charge on any atom is 0.372 e. The summed E-state index contributed by atoms with van der Waals surface area (Å²) in [7, 11) is -7.61. The third-order valence-electron chi connectivity index (χ3n) is 3.48. The van der Waals surface area contributed by atoms with E-state index in [2.05, 4.69) is 0 Å². The van der Waals surface area contributed by atoms with Crippen LogP contribution in [-0.4, -0.2) is 31.5 Å². The van der Waals surface area contributed by atoms with E-state index in [0.717, 1.165) is 0 Å². The first-order valence-electron chi connectivity index (χ1n) is 8.18. The molecule has 2 unspecified atom stereocenters. The Morgan fingerprint density at radius 1 is 0.833 bits per heavy atom. The second-order valence-electron chi connectivity index (χ2n) is 5.00. The quantitative estimate of drug-likeness (QED) is 0.524. The van der Waals surface area contributed by atoms with Gasteiger partial charge < -0.3 is 18.3 Å². The zero-order valence-corrected chi connectivity index (χ0v) is 16.8. The van der Waals surface area contributed by atoms with Gasteiger partial charge in [-0.1, -0.05) is 18.2 Å². The van der Waals surface area contributed by atoms with E-state index in [1.807, 2.05) is 6.07 Å². The molecule has 0 saturated heterocycles. The maximum absolute atomic E-state index is 13.9. The minimum absolute atomic E-state index is 0.140. The molecule has 1 aromatic carbocycles. The van der Waals surface area contributed by atoms with Gasteiger partial charge in [-0.25, -0.2) is 0 Å². The highest BCUT2D eigenvalue weighted by Crippen LogP contribution is 2.77. The van der Waals surface area contributed by atoms with Crippen LogP contribution in [0.4, 0.5) is 0 Å². The molecule has 0 N–H and O–H groups in total. The Morgan fingerprint density at radius 2 is 1.33 bits per heavy atom. The minimum Gasteiger partial charge on any atom is -0.354 e. The Bertz CT molecular complexity index is 581. The molecule has 0 amide bonds. The Labute approximate surface area is 144 Å². The predicted octanol–water partition coefficient (Wildman–Crippen LogP) is 4.60. The van der Waals surface area contributed by atoms with Gasteiger partial charge >= 0.3 is 7.60 Å². The topological polar surface area (TPSA) is 71.1 Å². The first kappa shape index (κ1) is 21.6. The van der Waals surface area contributed by atoms with Gasteiger partial charge in [0, 0.05) is 11.9 Å². The van der Waals surface area contributed by atoms with Gasteiger partial charge in [-0.05, 0) is 46.8 Å². The third kappa shape index (κ3) is 4.01. The van der Waals surface area contributed by atoms with Crippen LogP contribution >= 0.6 is 15.0 Å². The number of hydrogen-bond acceptors (Lipinski definition) is 6. The van der Waals surface area contributed by atoms with Crippen LogP contribution in [0.5, 0.6) is 0 Å². The molecule has 0 heterocycles. The molecule has 1 rings (SSSR count). The molecule has 2 atom stereocenters. The van der Waals surface area contributed by atoms with Crippen LogP contribution in [0, 0.1) is 0 Å². The molecule has 0 bridgehead atoms. The lowest BCUT2D eigenvalue weighted by atomic mass is 10.4. The van der Waals surface area contributed by atoms with E-state index in [0.29, 0.717) is 5.30 Å². The molecule has 0 aliphatic heterocycles. The summed E-state index contributed by atoms with van der Waals surface area (Å²) >= 11 is 0. The summed E-state index contributed by atoms with van der Waals surface area (Å²) in [6.07, 6.45) is 0. The van der Waals surface area contributed by atoms with Gasteiger partial charge in [-0.3, -0.25) is 9.13 Å². The number of ether oxygens (including phenoxy) is 1. The van der Waals surface area contributed by atoms with Gasteiger partial charge in [0.2, 0.25) is 5.08 Å². The average molecular weight is 378 g/mol. The maximum atomic E-state index is 13.9. The normalized spacial score (nSPS) is 17.2. The molecule has 0 radical (unpaired) electrons. The zero-order valence-electron chi connectivity index (χ0n) is 15.1. The van der Waals surface area contributed by atoms with Crippen molar-refractivity contribution in [2.45, 2.75) is 39.7 Å². The second kappa shape index (κ2) is 9.28. The molecule has 8 heteroatoms. The first-order chi connectivity index (χ1) is 11.3. The highest BCUT2D eigenvalue weighted by molar-refractivity contribution is 7.80. The van der Waals surface area contributed by atoms with Crippen LogP contribution in [0.15, 0.2) is 30.3 Å². The number of benzene rings is 1. The molecule has 0 saturated carbocycles. The summed E-state index contributed by atoms with van der Waals surface area (Å²) in [4.78, 5) is 0. The van der Waals surface area contributed by atoms with E-state index in [9.17, 15) is 9.13 Å². The van der Waals surface area contributed by atoms with Crippen molar-refractivity contribution in [3.63, 3.8) is 0 Å². The standard InChI is InChI=1S/C16H28O6P2/c1-6-19-16(5,24(18,21-8-3)22-9-4)23(17,20-7-2)15-13-11-10-12-14-15/h10-14H,6-9H2,1-5H3. The van der Waals surface area contributed by atoms with Crippen molar-refractivity contribution in [3.05, 3.63) is 30.3 Å². The summed E-state index contributed by atoms with van der Waals surface area (Å²) in [6.45, 7) is 9.00. The van der Waals surface area contributed by atoms with E-state index in [4.69, 9.17) is 18.3 Å². The van der Waals surface area contributed by atoms with Crippen molar-refractivity contribution < 1.29 is 27.4 Å². The van der Waals surface area contributed by atoms with Crippen LogP contribution in [0.1, 0.15) is 34.6 Å². The van der Waals surface area contributed by atoms with Crippen molar-refractivity contribution in [2.24, 2.45) is 0 Å². The molecule has 24 heavy (non-hydrogen) atoms. The van der Waals surface area contributed by atoms with E-state index in [1.165, 1.54) is 6.92 Å². The summed E-state index contributed by atoms with van der Waals surface area (Å²) in [5, 5.41) is -1.32. The zero-order chi connectivity index (χ0) is 18.3. The van der Waals surface area contributed by atoms with Gasteiger partial charge in [-0.15, -0.1) is 0 Å². The lowest BCUT2D eigenvalue weighted by Crippen LogP contribution is -2.36. The fourth-order valence-corrected chi connectivity index (χ4v) is 8.23. The van der Waals surface area contributed by atoms with E-state index >= 15 is 0 Å². The molecule has 0 aliphatic rings. The van der Waals surface area contributed by atoms with E-state index in [-0.39, 0.29) is 26.4 Å². The van der Waals surface area contributed by atoms with E-state index in [1.54, 1.807) is 52.0 Å². The molecule has 0 spiro atoms. The smallest absolute Gasteiger partial charge is 0.354 e. The fourth-order valence-electron chi connectivity index (χ4n) is 2.46. The van der Waals surface area contributed by atoms with Crippen LogP contribution in [0.2, 0.25) is 0 Å². The lowest BCUT2D eigenvalue weighted by molar-refractivity contribution is 0.0507. The molecule has 0 fully saturated rings. The molecule has 0 aliphatic carbocycles. The third-order valence-corrected chi connectivity index (χ3v) is 10.2. The van der Waals surface area contributed by atoms with Crippen molar-refractivity contribution in [3.8, 4) is 0 Å². The Kier molecular flexibility index (Phi) is 8.34. The van der Waals surface area contributed by atoms with Crippen molar-refractivity contribution in [1.29, 1.82) is 0 Å². The summed E-state index contributed by atoms with van der Waals surface area (Å²) in [5.74, 6) is 0. The van der Waals surface area contributed by atoms with Gasteiger partial charge in [-0.2, -0.15) is 0 Å². The van der Waals surface area contributed by atoms with Crippen LogP contribution in [-0.2, 0) is 27.4 Å². The molecular formula is C16H28O6P2. The number of hydrogen-bond donors (Lipinski definition) is 0. The fraction of sp³-hybridized carbons (Fsp3) is 0.625. The van der Waals surface area contributed by atoms with Gasteiger partial charge in [0.15, 0.2) is 0 Å². The van der Waals surface area contributed by atoms with Gasteiger partial charge in [0.25, 0.3) is 7.37 Å². The summed E-state index contributed by atoms with van der Waals surface area (Å²) < 4.78 is 49.8. The average Bonchev–Trinajstić information content (AvgIpc) is 2.56. The highest BCUT2D eigenvalue weighted by atomic mass is 31.2. The van der Waals surface area contributed by atoms with E-state index < -0.39 is 20.0 Å². The second-order valence-corrected chi connectivity index (χ2v) is 10.5. The van der Waals surface area contributed by atoms with Crippen LogP contribution in [0.3, 0.4) is 0 Å². The van der Waals surface area contributed by atoms with Crippen molar-refractivity contribution >= 4 is 20.3 Å². The number of rotatable bonds is 11. The van der Waals surface area contributed by atoms with Crippen molar-refractivity contribution in [2.75, 3.05) is 26.4 Å². The van der Waals surface area contributed by atoms with Gasteiger partial charge in [0.05, 0.1) is 19.8 Å². The highest BCUT2D eigenvalue weighted by Gasteiger charge is 2.62. The lowest BCUT2D eigenvalue weighted by Gasteiger charge is -2.40. The molecular weight excluding hydrogens is 350 g/mol. The Morgan fingerprint density at radius 3 is 1.75 bits per heavy atom.